The summed E-state index contributed by atoms with van der Waals surface area (Å²) in [4.78, 5) is 21.4. The summed E-state index contributed by atoms with van der Waals surface area (Å²) in [7, 11) is 1.40. The third-order valence-electron chi connectivity index (χ3n) is 1.63. The first-order valence-corrected chi connectivity index (χ1v) is 3.99. The van der Waals surface area contributed by atoms with E-state index in [1.54, 1.807) is 0 Å². The van der Waals surface area contributed by atoms with Crippen LogP contribution in [0.4, 0.5) is 0 Å². The van der Waals surface area contributed by atoms with Crippen molar-refractivity contribution in [3.05, 3.63) is 11.4 Å². The highest BCUT2D eigenvalue weighted by atomic mass is 16.5. The number of methoxy groups -OCH3 is 1. The van der Waals surface area contributed by atoms with Crippen LogP contribution in [0.2, 0.25) is 0 Å². The van der Waals surface area contributed by atoms with Gasteiger partial charge in [0, 0.05) is 7.11 Å². The van der Waals surface area contributed by atoms with Crippen LogP contribution in [-0.2, 0) is 22.7 Å². The second-order valence-corrected chi connectivity index (χ2v) is 2.75. The molecule has 0 fully saturated rings. The van der Waals surface area contributed by atoms with Crippen molar-refractivity contribution in [3.8, 4) is 0 Å². The molecule has 1 aromatic heterocycles. The average molecular weight is 214 g/mol. The van der Waals surface area contributed by atoms with Gasteiger partial charge in [0.05, 0.1) is 12.3 Å². The number of carbonyl (C=O) groups excluding carboxylic acids is 1. The summed E-state index contributed by atoms with van der Waals surface area (Å²) in [6.45, 7) is -0.221. The van der Waals surface area contributed by atoms with E-state index < -0.39 is 11.9 Å². The lowest BCUT2D eigenvalue weighted by molar-refractivity contribution is -0.118. The van der Waals surface area contributed by atoms with Crippen molar-refractivity contribution in [2.24, 2.45) is 5.73 Å². The SMILES string of the molecule is COCc1c(C(=O)O)nnn1CC(N)=O. The van der Waals surface area contributed by atoms with Crippen molar-refractivity contribution in [3.63, 3.8) is 0 Å². The van der Waals surface area contributed by atoms with Gasteiger partial charge in [-0.15, -0.1) is 5.10 Å². The van der Waals surface area contributed by atoms with E-state index in [-0.39, 0.29) is 24.5 Å². The molecule has 1 heterocycles. The van der Waals surface area contributed by atoms with E-state index in [0.717, 1.165) is 4.68 Å². The predicted molar refractivity (Wildman–Crippen MR) is 46.9 cm³/mol. The molecule has 0 saturated carbocycles. The van der Waals surface area contributed by atoms with Crippen molar-refractivity contribution < 1.29 is 19.4 Å². The molecule has 0 aromatic carbocycles. The molecular formula is C7H10N4O4. The van der Waals surface area contributed by atoms with Gasteiger partial charge in [0.2, 0.25) is 5.91 Å². The summed E-state index contributed by atoms with van der Waals surface area (Å²) < 4.78 is 5.89. The Morgan fingerprint density at radius 1 is 1.60 bits per heavy atom. The van der Waals surface area contributed by atoms with Crippen molar-refractivity contribution in [2.45, 2.75) is 13.2 Å². The van der Waals surface area contributed by atoms with Gasteiger partial charge in [-0.1, -0.05) is 5.21 Å². The Balaban J connectivity index is 3.05. The summed E-state index contributed by atoms with van der Waals surface area (Å²) in [6.07, 6.45) is 0. The van der Waals surface area contributed by atoms with E-state index >= 15 is 0 Å². The number of hydrogen-bond donors (Lipinski definition) is 2. The van der Waals surface area contributed by atoms with Gasteiger partial charge < -0.3 is 15.6 Å². The van der Waals surface area contributed by atoms with Crippen LogP contribution in [0.5, 0.6) is 0 Å². The minimum atomic E-state index is -1.22. The second-order valence-electron chi connectivity index (χ2n) is 2.75. The molecule has 8 heteroatoms. The van der Waals surface area contributed by atoms with Crippen LogP contribution >= 0.6 is 0 Å². The number of ether oxygens (including phenoxy) is 1. The lowest BCUT2D eigenvalue weighted by Gasteiger charge is -2.03. The number of carboxylic acids is 1. The molecule has 0 saturated heterocycles. The fourth-order valence-corrected chi connectivity index (χ4v) is 1.05. The van der Waals surface area contributed by atoms with Crippen LogP contribution in [0.15, 0.2) is 0 Å². The molecule has 1 amide bonds. The molecule has 82 valence electrons. The van der Waals surface area contributed by atoms with E-state index in [1.165, 1.54) is 7.11 Å². The van der Waals surface area contributed by atoms with Crippen LogP contribution in [0, 0.1) is 0 Å². The van der Waals surface area contributed by atoms with Crippen molar-refractivity contribution >= 4 is 11.9 Å². The first-order valence-electron chi connectivity index (χ1n) is 3.99. The maximum Gasteiger partial charge on any atom is 0.358 e. The predicted octanol–water partition coefficient (Wildman–Crippen LogP) is -1.39. The lowest BCUT2D eigenvalue weighted by atomic mass is 10.3. The number of aromatic carboxylic acids is 1. The van der Waals surface area contributed by atoms with Crippen molar-refractivity contribution in [1.82, 2.24) is 15.0 Å². The van der Waals surface area contributed by atoms with Crippen molar-refractivity contribution in [1.29, 1.82) is 0 Å². The molecule has 1 aromatic rings. The Labute approximate surface area is 84.6 Å². The van der Waals surface area contributed by atoms with Crippen LogP contribution < -0.4 is 5.73 Å². The zero-order chi connectivity index (χ0) is 11.4. The summed E-state index contributed by atoms with van der Waals surface area (Å²) in [5, 5.41) is 15.7. The number of nitrogens with two attached hydrogens (primary N) is 1. The van der Waals surface area contributed by atoms with Gasteiger partial charge in [0.1, 0.15) is 6.54 Å². The highest BCUT2D eigenvalue weighted by molar-refractivity contribution is 5.86. The first-order chi connectivity index (χ1) is 7.06. The number of carbonyl (C=O) groups is 2. The third kappa shape index (κ3) is 2.50. The van der Waals surface area contributed by atoms with Crippen LogP contribution in [-0.4, -0.2) is 39.1 Å². The van der Waals surface area contributed by atoms with E-state index in [2.05, 4.69) is 10.3 Å². The summed E-state index contributed by atoms with van der Waals surface area (Å²) in [5.41, 5.74) is 4.93. The molecule has 0 spiro atoms. The molecule has 1 rings (SSSR count). The average Bonchev–Trinajstić information content (AvgIpc) is 2.48. The molecule has 3 N–H and O–H groups in total. The Hall–Kier alpha value is -1.96. The summed E-state index contributed by atoms with van der Waals surface area (Å²) >= 11 is 0. The van der Waals surface area contributed by atoms with Gasteiger partial charge in [-0.3, -0.25) is 4.79 Å². The minimum absolute atomic E-state index is 0.00190. The highest BCUT2D eigenvalue weighted by Gasteiger charge is 2.19. The van der Waals surface area contributed by atoms with E-state index in [0.29, 0.717) is 0 Å². The van der Waals surface area contributed by atoms with Crippen molar-refractivity contribution in [2.75, 3.05) is 7.11 Å². The normalized spacial score (nSPS) is 10.2. The maximum absolute atomic E-state index is 10.7. The Kier molecular flexibility index (Phi) is 3.34. The molecule has 0 atom stereocenters. The van der Waals surface area contributed by atoms with Gasteiger partial charge in [0.25, 0.3) is 0 Å². The Bertz CT molecular complexity index is 386. The summed E-state index contributed by atoms with van der Waals surface area (Å²) in [6, 6.07) is 0. The minimum Gasteiger partial charge on any atom is -0.476 e. The molecule has 8 nitrogen and oxygen atoms in total. The maximum atomic E-state index is 10.7. The summed E-state index contributed by atoms with van der Waals surface area (Å²) in [5.74, 6) is -1.85. The van der Waals surface area contributed by atoms with Gasteiger partial charge in [-0.25, -0.2) is 9.48 Å². The smallest absolute Gasteiger partial charge is 0.358 e. The van der Waals surface area contributed by atoms with Gasteiger partial charge in [0.15, 0.2) is 5.69 Å². The van der Waals surface area contributed by atoms with Crippen LogP contribution in [0.1, 0.15) is 16.2 Å². The number of nitrogens with zero attached hydrogens (tertiary/aromatic N) is 3. The van der Waals surface area contributed by atoms with E-state index in [9.17, 15) is 9.59 Å². The van der Waals surface area contributed by atoms with E-state index in [4.69, 9.17) is 15.6 Å². The highest BCUT2D eigenvalue weighted by Crippen LogP contribution is 2.06. The zero-order valence-corrected chi connectivity index (χ0v) is 8.01. The first kappa shape index (κ1) is 11.1. The molecular weight excluding hydrogens is 204 g/mol. The number of aromatic nitrogens is 3. The number of hydrogen-bond acceptors (Lipinski definition) is 5. The number of rotatable bonds is 5. The number of primary amides is 1. The number of amides is 1. The Morgan fingerprint density at radius 2 is 2.27 bits per heavy atom. The quantitative estimate of drug-likeness (QED) is 0.622. The molecule has 15 heavy (non-hydrogen) atoms. The standard InChI is InChI=1S/C7H10N4O4/c1-15-3-4-6(7(13)14)9-10-11(4)2-5(8)12/h2-3H2,1H3,(H2,8,12)(H,13,14). The van der Waals surface area contributed by atoms with Gasteiger partial charge >= 0.3 is 5.97 Å². The fraction of sp³-hybridized carbons (Fsp3) is 0.429. The molecule has 0 bridgehead atoms. The second kappa shape index (κ2) is 4.51. The third-order valence-corrected chi connectivity index (χ3v) is 1.63. The monoisotopic (exact) mass is 214 g/mol. The largest absolute Gasteiger partial charge is 0.476 e. The molecule has 0 radical (unpaired) electrons. The van der Waals surface area contributed by atoms with Crippen LogP contribution in [0.3, 0.4) is 0 Å². The molecule has 0 aliphatic heterocycles. The van der Waals surface area contributed by atoms with E-state index in [1.807, 2.05) is 0 Å². The van der Waals surface area contributed by atoms with Crippen LogP contribution in [0.25, 0.3) is 0 Å². The number of carboxylic acid groups (broad SMARTS) is 1. The van der Waals surface area contributed by atoms with Gasteiger partial charge in [-0.05, 0) is 0 Å². The molecule has 0 aliphatic carbocycles. The topological polar surface area (TPSA) is 120 Å². The Morgan fingerprint density at radius 3 is 2.73 bits per heavy atom. The lowest BCUT2D eigenvalue weighted by Crippen LogP contribution is -2.21. The molecule has 0 aliphatic rings. The molecule has 0 unspecified atom stereocenters. The van der Waals surface area contributed by atoms with Gasteiger partial charge in [-0.2, -0.15) is 0 Å². The fourth-order valence-electron chi connectivity index (χ4n) is 1.05. The zero-order valence-electron chi connectivity index (χ0n) is 8.01.